The average molecular weight is 205 g/mol. The second kappa shape index (κ2) is 3.63. The number of hydrogen-bond donors (Lipinski definition) is 1. The van der Waals surface area contributed by atoms with Crippen molar-refractivity contribution in [2.24, 2.45) is 10.7 Å². The van der Waals surface area contributed by atoms with Crippen molar-refractivity contribution in [1.29, 1.82) is 0 Å². The lowest BCUT2D eigenvalue weighted by atomic mass is 10.2. The minimum absolute atomic E-state index is 0.274. The van der Waals surface area contributed by atoms with Crippen LogP contribution in [0.4, 0.5) is 0 Å². The van der Waals surface area contributed by atoms with Gasteiger partial charge in [-0.25, -0.2) is 0 Å². The van der Waals surface area contributed by atoms with Gasteiger partial charge >= 0.3 is 0 Å². The highest BCUT2D eigenvalue weighted by atomic mass is 32.2. The van der Waals surface area contributed by atoms with Crippen molar-refractivity contribution < 1.29 is 4.79 Å². The van der Waals surface area contributed by atoms with Crippen LogP contribution >= 0.6 is 11.8 Å². The minimum atomic E-state index is -0.274. The third kappa shape index (κ3) is 1.82. The van der Waals surface area contributed by atoms with E-state index in [1.165, 1.54) is 11.8 Å². The zero-order chi connectivity index (χ0) is 9.97. The number of nitrogens with zero attached hydrogens (tertiary/aromatic N) is 2. The van der Waals surface area contributed by atoms with Gasteiger partial charge in [0.05, 0.1) is 4.91 Å². The van der Waals surface area contributed by atoms with E-state index in [0.717, 1.165) is 5.56 Å². The van der Waals surface area contributed by atoms with Crippen LogP contribution in [0.25, 0.3) is 6.08 Å². The molecule has 2 N–H and O–H groups in total. The average Bonchev–Trinajstić information content (AvgIpc) is 2.47. The fourth-order valence-corrected chi connectivity index (χ4v) is 1.72. The van der Waals surface area contributed by atoms with Gasteiger partial charge in [-0.3, -0.25) is 9.78 Å². The molecule has 4 nitrogen and oxygen atoms in total. The van der Waals surface area contributed by atoms with Crippen molar-refractivity contribution in [2.75, 3.05) is 0 Å². The fraction of sp³-hybridized carbons (Fsp3) is 0. The van der Waals surface area contributed by atoms with Crippen LogP contribution in [0.1, 0.15) is 5.56 Å². The van der Waals surface area contributed by atoms with Crippen molar-refractivity contribution in [3.05, 3.63) is 35.0 Å². The largest absolute Gasteiger partial charge is 0.378 e. The summed E-state index contributed by atoms with van der Waals surface area (Å²) in [4.78, 5) is 19.2. The summed E-state index contributed by atoms with van der Waals surface area (Å²) >= 11 is 1.19. The number of aromatic nitrogens is 1. The van der Waals surface area contributed by atoms with Crippen LogP contribution in [0.3, 0.4) is 0 Å². The Morgan fingerprint density at radius 1 is 1.36 bits per heavy atom. The molecular formula is C9H7N3OS. The fourth-order valence-electron chi connectivity index (χ4n) is 1.04. The molecule has 0 unspecified atom stereocenters. The molecule has 1 aromatic heterocycles. The van der Waals surface area contributed by atoms with Gasteiger partial charge in [0.25, 0.3) is 5.91 Å². The number of amidine groups is 1. The first kappa shape index (κ1) is 8.96. The summed E-state index contributed by atoms with van der Waals surface area (Å²) in [6.45, 7) is 0. The molecule has 0 fully saturated rings. The van der Waals surface area contributed by atoms with Gasteiger partial charge < -0.3 is 5.73 Å². The molecule has 1 amide bonds. The molecule has 0 aliphatic carbocycles. The zero-order valence-electron chi connectivity index (χ0n) is 7.18. The Bertz CT molecular complexity index is 425. The molecule has 0 bridgehead atoms. The van der Waals surface area contributed by atoms with Gasteiger partial charge in [-0.15, -0.1) is 0 Å². The summed E-state index contributed by atoms with van der Waals surface area (Å²) in [5, 5.41) is 0.301. The molecule has 70 valence electrons. The summed E-state index contributed by atoms with van der Waals surface area (Å²) in [7, 11) is 0. The molecule has 0 radical (unpaired) electrons. The van der Waals surface area contributed by atoms with Gasteiger partial charge in [0.15, 0.2) is 5.17 Å². The Hall–Kier alpha value is -1.62. The summed E-state index contributed by atoms with van der Waals surface area (Å²) in [6, 6.07) is 3.63. The van der Waals surface area contributed by atoms with E-state index < -0.39 is 0 Å². The van der Waals surface area contributed by atoms with Crippen LogP contribution in [-0.2, 0) is 4.79 Å². The van der Waals surface area contributed by atoms with Crippen molar-refractivity contribution in [1.82, 2.24) is 4.98 Å². The normalized spacial score (nSPS) is 18.7. The first-order chi connectivity index (χ1) is 6.75. The second-order valence-electron chi connectivity index (χ2n) is 2.65. The molecule has 2 heterocycles. The van der Waals surface area contributed by atoms with E-state index >= 15 is 0 Å². The van der Waals surface area contributed by atoms with Crippen LogP contribution in [0.15, 0.2) is 34.4 Å². The third-order valence-electron chi connectivity index (χ3n) is 1.64. The van der Waals surface area contributed by atoms with Gasteiger partial charge in [0, 0.05) is 12.4 Å². The summed E-state index contributed by atoms with van der Waals surface area (Å²) < 4.78 is 0. The highest BCUT2D eigenvalue weighted by Gasteiger charge is 2.18. The highest BCUT2D eigenvalue weighted by molar-refractivity contribution is 8.18. The van der Waals surface area contributed by atoms with E-state index in [9.17, 15) is 4.79 Å². The lowest BCUT2D eigenvalue weighted by Crippen LogP contribution is -2.01. The quantitative estimate of drug-likeness (QED) is 0.695. The first-order valence-electron chi connectivity index (χ1n) is 3.94. The predicted molar refractivity (Wildman–Crippen MR) is 56.4 cm³/mol. The number of amides is 1. The van der Waals surface area contributed by atoms with Crippen LogP contribution < -0.4 is 5.73 Å². The molecule has 0 spiro atoms. The Labute approximate surface area is 84.9 Å². The van der Waals surface area contributed by atoms with E-state index in [2.05, 4.69) is 9.98 Å². The molecule has 5 heteroatoms. The smallest absolute Gasteiger partial charge is 0.286 e. The van der Waals surface area contributed by atoms with E-state index in [4.69, 9.17) is 5.73 Å². The number of carbonyl (C=O) groups excluding carboxylic acids is 1. The molecule has 2 rings (SSSR count). The SMILES string of the molecule is NC1=NC(=O)/C(=C\c2ccncc2)S1. The van der Waals surface area contributed by atoms with E-state index in [0.29, 0.717) is 10.1 Å². The molecule has 1 aliphatic heterocycles. The molecule has 1 aliphatic rings. The van der Waals surface area contributed by atoms with Gasteiger partial charge in [-0.2, -0.15) is 4.99 Å². The van der Waals surface area contributed by atoms with Crippen molar-refractivity contribution >= 4 is 28.9 Å². The topological polar surface area (TPSA) is 68.3 Å². The monoisotopic (exact) mass is 205 g/mol. The maximum absolute atomic E-state index is 11.2. The van der Waals surface area contributed by atoms with Crippen molar-refractivity contribution in [2.45, 2.75) is 0 Å². The van der Waals surface area contributed by atoms with Gasteiger partial charge in [0.2, 0.25) is 0 Å². The molecule has 1 aromatic rings. The van der Waals surface area contributed by atoms with Gasteiger partial charge in [-0.1, -0.05) is 0 Å². The molecule has 0 saturated heterocycles. The van der Waals surface area contributed by atoms with Gasteiger partial charge in [0.1, 0.15) is 0 Å². The summed E-state index contributed by atoms with van der Waals surface area (Å²) in [5.41, 5.74) is 6.33. The van der Waals surface area contributed by atoms with Crippen molar-refractivity contribution in [3.63, 3.8) is 0 Å². The molecule has 0 saturated carbocycles. The molecule has 0 aromatic carbocycles. The standard InChI is InChI=1S/C9H7N3OS/c10-9-12-8(13)7(14-9)5-6-1-3-11-4-2-6/h1-5H,(H2,10,12,13)/b7-5+. The summed E-state index contributed by atoms with van der Waals surface area (Å²) in [6.07, 6.45) is 5.08. The van der Waals surface area contributed by atoms with E-state index in [1.807, 2.05) is 12.1 Å². The van der Waals surface area contributed by atoms with Crippen LogP contribution in [0, 0.1) is 0 Å². The number of aliphatic imine (C=N–C) groups is 1. The second-order valence-corrected chi connectivity index (χ2v) is 3.71. The maximum Gasteiger partial charge on any atom is 0.286 e. The molecular weight excluding hydrogens is 198 g/mol. The lowest BCUT2D eigenvalue weighted by Gasteiger charge is -1.93. The third-order valence-corrected chi connectivity index (χ3v) is 2.45. The van der Waals surface area contributed by atoms with Crippen LogP contribution in [0.2, 0.25) is 0 Å². The zero-order valence-corrected chi connectivity index (χ0v) is 7.99. The van der Waals surface area contributed by atoms with Crippen LogP contribution in [-0.4, -0.2) is 16.1 Å². The maximum atomic E-state index is 11.2. The van der Waals surface area contributed by atoms with Crippen molar-refractivity contribution in [3.8, 4) is 0 Å². The van der Waals surface area contributed by atoms with E-state index in [1.54, 1.807) is 18.5 Å². The molecule has 0 atom stereocenters. The number of carbonyl (C=O) groups is 1. The highest BCUT2D eigenvalue weighted by Crippen LogP contribution is 2.25. The number of pyridine rings is 1. The summed E-state index contributed by atoms with van der Waals surface area (Å²) in [5.74, 6) is -0.274. The van der Waals surface area contributed by atoms with Crippen LogP contribution in [0.5, 0.6) is 0 Å². The Balaban J connectivity index is 2.26. The lowest BCUT2D eigenvalue weighted by molar-refractivity contribution is -0.113. The van der Waals surface area contributed by atoms with E-state index in [-0.39, 0.29) is 5.91 Å². The minimum Gasteiger partial charge on any atom is -0.378 e. The predicted octanol–water partition coefficient (Wildman–Crippen LogP) is 1.01. The first-order valence-corrected chi connectivity index (χ1v) is 4.75. The molecule has 14 heavy (non-hydrogen) atoms. The van der Waals surface area contributed by atoms with Gasteiger partial charge in [-0.05, 0) is 35.5 Å². The number of rotatable bonds is 1. The number of thioether (sulfide) groups is 1. The number of hydrogen-bond acceptors (Lipinski definition) is 4. The Morgan fingerprint density at radius 3 is 2.64 bits per heavy atom. The number of nitrogens with two attached hydrogens (primary N) is 1. The Kier molecular flexibility index (Phi) is 2.32. The Morgan fingerprint density at radius 2 is 2.07 bits per heavy atom.